The highest BCUT2D eigenvalue weighted by Crippen LogP contribution is 2.64. The summed E-state index contributed by atoms with van der Waals surface area (Å²) < 4.78 is 27.4. The third-order valence-electron chi connectivity index (χ3n) is 12.6. The Balaban J connectivity index is 1.21. The number of ether oxygens (including phenoxy) is 4. The lowest BCUT2D eigenvalue weighted by atomic mass is 9.53. The number of rotatable bonds is 10. The van der Waals surface area contributed by atoms with E-state index in [1.54, 1.807) is 79.9 Å². The van der Waals surface area contributed by atoms with E-state index in [0.717, 1.165) is 9.47 Å². The van der Waals surface area contributed by atoms with Gasteiger partial charge in [0.05, 0.1) is 69.1 Å². The molecule has 9 rings (SSSR count). The average Bonchev–Trinajstić information content (AvgIpc) is 3.66. The zero-order chi connectivity index (χ0) is 43.8. The Bertz CT molecular complexity index is 3060. The van der Waals surface area contributed by atoms with Crippen molar-refractivity contribution in [1.29, 1.82) is 0 Å². The number of allylic oxidation sites excluding steroid dienone is 2. The smallest absolute Gasteiger partial charge is 0.347 e. The summed E-state index contributed by atoms with van der Waals surface area (Å²) in [6, 6.07) is 20.7. The fourth-order valence-electron chi connectivity index (χ4n) is 9.81. The van der Waals surface area contributed by atoms with Crippen molar-refractivity contribution in [3.63, 3.8) is 0 Å². The van der Waals surface area contributed by atoms with Gasteiger partial charge in [-0.2, -0.15) is 0 Å². The third-order valence-corrected chi connectivity index (χ3v) is 12.8. The Hall–Kier alpha value is -7.07. The van der Waals surface area contributed by atoms with E-state index in [0.29, 0.717) is 38.7 Å². The van der Waals surface area contributed by atoms with Gasteiger partial charge in [0.2, 0.25) is 11.8 Å². The van der Waals surface area contributed by atoms with Crippen LogP contribution in [0.1, 0.15) is 35.2 Å². The summed E-state index contributed by atoms with van der Waals surface area (Å²) in [5, 5.41) is 12.3. The Kier molecular flexibility index (Phi) is 9.84. The number of hydrogen-bond donors (Lipinski definition) is 1. The molecule has 6 aromatic rings. The second-order valence-electron chi connectivity index (χ2n) is 15.4. The van der Waals surface area contributed by atoms with E-state index in [4.69, 9.17) is 30.5 Å². The number of halogens is 1. The number of aryl methyl sites for hydroxylation is 2. The van der Waals surface area contributed by atoms with Gasteiger partial charge in [-0.1, -0.05) is 54.1 Å². The number of methoxy groups -OCH3 is 4. The zero-order valence-corrected chi connectivity index (χ0v) is 35.1. The summed E-state index contributed by atoms with van der Waals surface area (Å²) in [5.74, 6) is -2.33. The summed E-state index contributed by atoms with van der Waals surface area (Å²) >= 11 is 6.43. The molecular formula is C45H41ClN6O10. The maximum atomic E-state index is 15.6. The zero-order valence-electron chi connectivity index (χ0n) is 34.3. The molecule has 4 unspecified atom stereocenters. The molecule has 3 aliphatic rings. The molecule has 4 heterocycles. The maximum Gasteiger partial charge on any atom is 0.347 e. The standard InChI is InChI=1S/C45H41ClN6O10/c1-48-33-23-36(61-4)35(60-3)22-31(33)47-30(41(48)55)15-16-49-43(57)50-17-14-28-32(52(50)44(49)58)21-29-40(54)51(26-13-9-12-25(46)18-26)42(56)45(29,24-10-7-6-8-11-24)39(28)38-34(53)19-27(59-2)20-37(38)62-5/h6-14,18-20,22-23,29,32,39,53H,15-17,21H2,1-5H3. The molecule has 1 aliphatic carbocycles. The molecule has 2 amide bonds. The number of aromatic nitrogens is 5. The van der Waals surface area contributed by atoms with Crippen LogP contribution >= 0.6 is 11.6 Å². The predicted octanol–water partition coefficient (Wildman–Crippen LogP) is 4.49. The van der Waals surface area contributed by atoms with Gasteiger partial charge < -0.3 is 28.6 Å². The number of carbonyl (C=O) groups is 2. The SMILES string of the molecule is COc1cc(O)c(C2C3=CCn4c(=O)n(CCc5nc6cc(OC)c(OC)cc6n(C)c5=O)c(=O)n4C3CC3C(=O)N(c4cccc(Cl)c4)C(=O)C32c2ccccc2)c(OC)c1. The summed E-state index contributed by atoms with van der Waals surface area (Å²) in [6.07, 6.45) is 1.65. The van der Waals surface area contributed by atoms with Gasteiger partial charge in [-0.05, 0) is 35.8 Å². The highest BCUT2D eigenvalue weighted by molar-refractivity contribution is 6.32. The lowest BCUT2D eigenvalue weighted by molar-refractivity contribution is -0.124. The first-order valence-corrected chi connectivity index (χ1v) is 20.1. The second-order valence-corrected chi connectivity index (χ2v) is 15.8. The van der Waals surface area contributed by atoms with Crippen molar-refractivity contribution in [2.75, 3.05) is 33.3 Å². The molecule has 2 fully saturated rings. The highest BCUT2D eigenvalue weighted by atomic mass is 35.5. The molecule has 4 atom stereocenters. The van der Waals surface area contributed by atoms with Crippen molar-refractivity contribution in [2.45, 2.75) is 43.3 Å². The predicted molar refractivity (Wildman–Crippen MR) is 228 cm³/mol. The van der Waals surface area contributed by atoms with E-state index in [9.17, 15) is 19.5 Å². The number of anilines is 1. The van der Waals surface area contributed by atoms with Gasteiger partial charge in [0, 0.05) is 60.8 Å². The minimum absolute atomic E-state index is 0.0675. The van der Waals surface area contributed by atoms with Gasteiger partial charge >= 0.3 is 11.4 Å². The van der Waals surface area contributed by atoms with Crippen molar-refractivity contribution < 1.29 is 33.6 Å². The van der Waals surface area contributed by atoms with Crippen LogP contribution in [-0.2, 0) is 41.6 Å². The van der Waals surface area contributed by atoms with E-state index in [1.165, 1.54) is 54.5 Å². The van der Waals surface area contributed by atoms with E-state index >= 15 is 9.59 Å². The molecule has 0 bridgehead atoms. The Labute approximate surface area is 358 Å². The van der Waals surface area contributed by atoms with Crippen LogP contribution in [0.2, 0.25) is 5.02 Å². The summed E-state index contributed by atoms with van der Waals surface area (Å²) in [6.45, 7) is -0.280. The van der Waals surface area contributed by atoms with Crippen LogP contribution in [0.4, 0.5) is 5.69 Å². The van der Waals surface area contributed by atoms with Crippen LogP contribution < -0.4 is 40.8 Å². The number of fused-ring (bicyclic) bond motifs is 5. The highest BCUT2D eigenvalue weighted by Gasteiger charge is 2.69. The van der Waals surface area contributed by atoms with Crippen LogP contribution in [0, 0.1) is 5.92 Å². The first-order valence-electron chi connectivity index (χ1n) is 19.8. The second kappa shape index (κ2) is 15.1. The number of phenolic OH excluding ortho intramolecular Hbond substituents is 1. The number of phenols is 1. The minimum atomic E-state index is -1.69. The normalized spacial score (nSPS) is 20.4. The topological polar surface area (TPSA) is 178 Å². The van der Waals surface area contributed by atoms with Crippen LogP contribution in [0.25, 0.3) is 11.0 Å². The monoisotopic (exact) mass is 860 g/mol. The fraction of sp³-hybridized carbons (Fsp3) is 0.289. The van der Waals surface area contributed by atoms with Crippen molar-refractivity contribution >= 4 is 40.1 Å². The van der Waals surface area contributed by atoms with Crippen molar-refractivity contribution in [2.24, 2.45) is 13.0 Å². The number of aromatic hydroxyl groups is 1. The first-order chi connectivity index (χ1) is 29.9. The van der Waals surface area contributed by atoms with Gasteiger partial charge in [-0.3, -0.25) is 14.4 Å². The molecule has 0 radical (unpaired) electrons. The molecule has 16 nitrogen and oxygen atoms in total. The van der Waals surface area contributed by atoms with E-state index < -0.39 is 52.0 Å². The molecule has 2 aromatic heterocycles. The van der Waals surface area contributed by atoms with E-state index in [1.807, 2.05) is 0 Å². The number of benzene rings is 4. The van der Waals surface area contributed by atoms with Gasteiger partial charge in [0.25, 0.3) is 5.56 Å². The van der Waals surface area contributed by atoms with Crippen LogP contribution in [-0.4, -0.2) is 68.8 Å². The molecule has 4 aromatic carbocycles. The third kappa shape index (κ3) is 5.80. The van der Waals surface area contributed by atoms with Crippen LogP contribution in [0.3, 0.4) is 0 Å². The van der Waals surface area contributed by atoms with Gasteiger partial charge in [0.15, 0.2) is 11.5 Å². The molecular weight excluding hydrogens is 820 g/mol. The average molecular weight is 861 g/mol. The van der Waals surface area contributed by atoms with Gasteiger partial charge in [-0.25, -0.2) is 33.4 Å². The van der Waals surface area contributed by atoms with Crippen molar-refractivity contribution in [3.8, 4) is 28.7 Å². The fourth-order valence-corrected chi connectivity index (χ4v) is 10.00. The number of carbonyl (C=O) groups excluding carboxylic acids is 2. The molecule has 1 N–H and O–H groups in total. The minimum Gasteiger partial charge on any atom is -0.507 e. The van der Waals surface area contributed by atoms with Crippen LogP contribution in [0.5, 0.6) is 28.7 Å². The molecule has 318 valence electrons. The maximum absolute atomic E-state index is 15.6. The van der Waals surface area contributed by atoms with Crippen molar-refractivity contribution in [3.05, 3.63) is 144 Å². The molecule has 62 heavy (non-hydrogen) atoms. The van der Waals surface area contributed by atoms with Gasteiger partial charge in [-0.15, -0.1) is 0 Å². The Morgan fingerprint density at radius 1 is 0.839 bits per heavy atom. The summed E-state index contributed by atoms with van der Waals surface area (Å²) in [5.41, 5.74) is -0.883. The Morgan fingerprint density at radius 3 is 2.26 bits per heavy atom. The number of hydrogen-bond acceptors (Lipinski definition) is 11. The molecule has 0 spiro atoms. The summed E-state index contributed by atoms with van der Waals surface area (Å²) in [7, 11) is 7.44. The largest absolute Gasteiger partial charge is 0.507 e. The van der Waals surface area contributed by atoms with Gasteiger partial charge in [0.1, 0.15) is 22.9 Å². The Morgan fingerprint density at radius 2 is 1.56 bits per heavy atom. The lowest BCUT2D eigenvalue weighted by Crippen LogP contribution is -2.53. The van der Waals surface area contributed by atoms with E-state index in [2.05, 4.69) is 4.98 Å². The quantitative estimate of drug-likeness (QED) is 0.152. The van der Waals surface area contributed by atoms with Crippen LogP contribution in [0.15, 0.2) is 105 Å². The first kappa shape index (κ1) is 40.3. The number of nitrogens with zero attached hydrogens (tertiary/aromatic N) is 6. The van der Waals surface area contributed by atoms with E-state index in [-0.39, 0.29) is 60.1 Å². The lowest BCUT2D eigenvalue weighted by Gasteiger charge is -2.49. The number of imide groups is 1. The van der Waals surface area contributed by atoms with Crippen molar-refractivity contribution in [1.82, 2.24) is 23.5 Å². The summed E-state index contributed by atoms with van der Waals surface area (Å²) in [4.78, 5) is 79.0. The molecule has 1 saturated heterocycles. The number of amides is 2. The molecule has 1 saturated carbocycles. The molecule has 2 aliphatic heterocycles. The molecule has 17 heteroatoms.